The van der Waals surface area contributed by atoms with E-state index in [1.807, 2.05) is 19.1 Å². The summed E-state index contributed by atoms with van der Waals surface area (Å²) >= 11 is 0. The monoisotopic (exact) mass is 262 g/mol. The zero-order valence-corrected chi connectivity index (χ0v) is 11.6. The number of ketones is 1. The predicted molar refractivity (Wildman–Crippen MR) is 73.0 cm³/mol. The third-order valence-corrected chi connectivity index (χ3v) is 2.30. The van der Waals surface area contributed by atoms with Gasteiger partial charge in [-0.2, -0.15) is 5.10 Å². The molecule has 0 amide bonds. The van der Waals surface area contributed by atoms with Crippen molar-refractivity contribution in [3.63, 3.8) is 0 Å². The molecule has 0 spiro atoms. The van der Waals surface area contributed by atoms with Crippen LogP contribution in [0.2, 0.25) is 0 Å². The number of aryl methyl sites for hydroxylation is 1. The molecule has 0 bridgehead atoms. The zero-order chi connectivity index (χ0) is 14.4. The fraction of sp³-hybridized carbons (Fsp3) is 0.357. The number of carbonyl (C=O) groups is 2. The normalized spacial score (nSPS) is 11.1. The lowest BCUT2D eigenvalue weighted by molar-refractivity contribution is -0.150. The van der Waals surface area contributed by atoms with Crippen molar-refractivity contribution in [3.8, 4) is 0 Å². The molecule has 1 rings (SSSR count). The first-order valence-corrected chi connectivity index (χ1v) is 6.00. The van der Waals surface area contributed by atoms with Crippen LogP contribution in [0.15, 0.2) is 29.4 Å². The minimum Gasteiger partial charge on any atom is -0.460 e. The predicted octanol–water partition coefficient (Wildman–Crippen LogP) is 1.39. The van der Waals surface area contributed by atoms with Gasteiger partial charge in [0.2, 0.25) is 0 Å². The van der Waals surface area contributed by atoms with Crippen LogP contribution in [0.1, 0.15) is 18.1 Å². The summed E-state index contributed by atoms with van der Waals surface area (Å²) in [5.74, 6) is -1.62. The summed E-state index contributed by atoms with van der Waals surface area (Å²) in [5, 5.41) is 5.56. The molecule has 5 nitrogen and oxygen atoms in total. The molecule has 1 aromatic rings. The summed E-state index contributed by atoms with van der Waals surface area (Å²) in [6, 6.07) is 7.24. The summed E-state index contributed by atoms with van der Waals surface area (Å²) in [6.07, 6.45) is 0. The van der Waals surface area contributed by atoms with Gasteiger partial charge < -0.3 is 9.75 Å². The Morgan fingerprint density at radius 1 is 1.21 bits per heavy atom. The summed E-state index contributed by atoms with van der Waals surface area (Å²) in [5.41, 5.74) is 1.75. The van der Waals surface area contributed by atoms with Crippen LogP contribution in [-0.2, 0) is 14.3 Å². The Morgan fingerprint density at radius 3 is 2.26 bits per heavy atom. The van der Waals surface area contributed by atoms with E-state index in [0.29, 0.717) is 5.56 Å². The van der Waals surface area contributed by atoms with Gasteiger partial charge in [0.25, 0.3) is 5.78 Å². The summed E-state index contributed by atoms with van der Waals surface area (Å²) in [6.45, 7) is 3.76. The second-order valence-corrected chi connectivity index (χ2v) is 4.21. The highest BCUT2D eigenvalue weighted by atomic mass is 16.5. The van der Waals surface area contributed by atoms with Gasteiger partial charge in [0.05, 0.1) is 6.61 Å². The highest BCUT2D eigenvalue weighted by molar-refractivity contribution is 6.66. The third-order valence-electron chi connectivity index (χ3n) is 2.30. The molecule has 0 radical (unpaired) electrons. The van der Waals surface area contributed by atoms with E-state index < -0.39 is 11.8 Å². The SMILES string of the molecule is CCOC(=O)C(=O)/C(=N/N(C)C)c1ccc(C)cc1. The van der Waals surface area contributed by atoms with Crippen LogP contribution in [0, 0.1) is 6.92 Å². The van der Waals surface area contributed by atoms with E-state index in [4.69, 9.17) is 4.74 Å². The molecule has 0 fully saturated rings. The van der Waals surface area contributed by atoms with Crippen molar-refractivity contribution < 1.29 is 14.3 Å². The maximum atomic E-state index is 12.0. The standard InChI is InChI=1S/C14H18N2O3/c1-5-19-14(18)13(17)12(15-16(3)4)11-8-6-10(2)7-9-11/h6-9H,5H2,1-4H3/b15-12+. The largest absolute Gasteiger partial charge is 0.460 e. The van der Waals surface area contributed by atoms with E-state index >= 15 is 0 Å². The number of hydrogen-bond donors (Lipinski definition) is 0. The molecule has 0 aliphatic heterocycles. The molecule has 0 saturated carbocycles. The Bertz CT molecular complexity index is 490. The molecule has 0 unspecified atom stereocenters. The molecule has 19 heavy (non-hydrogen) atoms. The number of benzene rings is 1. The second-order valence-electron chi connectivity index (χ2n) is 4.21. The van der Waals surface area contributed by atoms with Gasteiger partial charge in [-0.25, -0.2) is 4.79 Å². The maximum Gasteiger partial charge on any atom is 0.381 e. The maximum absolute atomic E-state index is 12.0. The minimum absolute atomic E-state index is 0.0865. The number of hydrazone groups is 1. The lowest BCUT2D eigenvalue weighted by Gasteiger charge is -2.10. The highest BCUT2D eigenvalue weighted by Crippen LogP contribution is 2.07. The Labute approximate surface area is 112 Å². The van der Waals surface area contributed by atoms with Gasteiger partial charge in [0.15, 0.2) is 0 Å². The Morgan fingerprint density at radius 2 is 1.79 bits per heavy atom. The molecule has 0 atom stereocenters. The van der Waals surface area contributed by atoms with Crippen LogP contribution in [0.3, 0.4) is 0 Å². The molecule has 0 aromatic heterocycles. The van der Waals surface area contributed by atoms with Crippen LogP contribution in [0.5, 0.6) is 0 Å². The van der Waals surface area contributed by atoms with Crippen molar-refractivity contribution in [2.24, 2.45) is 5.10 Å². The summed E-state index contributed by atoms with van der Waals surface area (Å²) in [7, 11) is 3.37. The second kappa shape index (κ2) is 6.68. The van der Waals surface area contributed by atoms with Crippen LogP contribution in [0.4, 0.5) is 0 Å². The topological polar surface area (TPSA) is 59.0 Å². The van der Waals surface area contributed by atoms with Crippen molar-refractivity contribution in [1.29, 1.82) is 0 Å². The van der Waals surface area contributed by atoms with Gasteiger partial charge in [0.1, 0.15) is 5.71 Å². The number of Topliss-reactive ketones (excluding diaryl/α,β-unsaturated/α-hetero) is 1. The van der Waals surface area contributed by atoms with Gasteiger partial charge in [0, 0.05) is 19.7 Å². The van der Waals surface area contributed by atoms with Crippen LogP contribution in [0.25, 0.3) is 0 Å². The van der Waals surface area contributed by atoms with Gasteiger partial charge in [-0.1, -0.05) is 29.8 Å². The van der Waals surface area contributed by atoms with Crippen LogP contribution in [-0.4, -0.2) is 43.2 Å². The average molecular weight is 262 g/mol. The minimum atomic E-state index is -0.885. The van der Waals surface area contributed by atoms with Crippen LogP contribution >= 0.6 is 0 Å². The van der Waals surface area contributed by atoms with Crippen molar-refractivity contribution in [2.45, 2.75) is 13.8 Å². The lowest BCUT2D eigenvalue weighted by atomic mass is 10.0. The lowest BCUT2D eigenvalue weighted by Crippen LogP contribution is -2.28. The number of hydrogen-bond acceptors (Lipinski definition) is 5. The molecule has 1 aromatic carbocycles. The number of rotatable bonds is 5. The number of carbonyl (C=O) groups excluding carboxylic acids is 2. The first-order chi connectivity index (χ1) is 8.95. The number of esters is 1. The Kier molecular flexibility index (Phi) is 5.23. The molecule has 0 N–H and O–H groups in total. The van der Waals surface area contributed by atoms with Gasteiger partial charge in [-0.15, -0.1) is 0 Å². The van der Waals surface area contributed by atoms with Crippen LogP contribution < -0.4 is 0 Å². The first-order valence-electron chi connectivity index (χ1n) is 6.00. The van der Waals surface area contributed by atoms with Crippen molar-refractivity contribution in [2.75, 3.05) is 20.7 Å². The highest BCUT2D eigenvalue weighted by Gasteiger charge is 2.24. The number of ether oxygens (including phenoxy) is 1. The van der Waals surface area contributed by atoms with E-state index in [2.05, 4.69) is 5.10 Å². The van der Waals surface area contributed by atoms with Gasteiger partial charge in [-0.3, -0.25) is 4.79 Å². The zero-order valence-electron chi connectivity index (χ0n) is 11.6. The molecule has 102 valence electrons. The smallest absolute Gasteiger partial charge is 0.381 e. The molecular weight excluding hydrogens is 244 g/mol. The van der Waals surface area contributed by atoms with Crippen molar-refractivity contribution >= 4 is 17.5 Å². The van der Waals surface area contributed by atoms with E-state index in [1.54, 1.807) is 33.2 Å². The number of nitrogens with zero attached hydrogens (tertiary/aromatic N) is 2. The van der Waals surface area contributed by atoms with E-state index in [9.17, 15) is 9.59 Å². The Hall–Kier alpha value is -2.17. The average Bonchev–Trinajstić information content (AvgIpc) is 2.36. The van der Waals surface area contributed by atoms with Crippen molar-refractivity contribution in [3.05, 3.63) is 35.4 Å². The van der Waals surface area contributed by atoms with Gasteiger partial charge in [-0.05, 0) is 13.8 Å². The molecular formula is C14H18N2O3. The third kappa shape index (κ3) is 4.21. The summed E-state index contributed by atoms with van der Waals surface area (Å²) in [4.78, 5) is 23.6. The van der Waals surface area contributed by atoms with Crippen molar-refractivity contribution in [1.82, 2.24) is 5.01 Å². The Balaban J connectivity index is 3.12. The van der Waals surface area contributed by atoms with Gasteiger partial charge >= 0.3 is 5.97 Å². The van der Waals surface area contributed by atoms with E-state index in [1.165, 1.54) is 5.01 Å². The fourth-order valence-corrected chi connectivity index (χ4v) is 1.44. The molecule has 0 saturated heterocycles. The fourth-order valence-electron chi connectivity index (χ4n) is 1.44. The summed E-state index contributed by atoms with van der Waals surface area (Å²) < 4.78 is 4.72. The molecule has 0 aliphatic carbocycles. The molecule has 0 heterocycles. The quantitative estimate of drug-likeness (QED) is 0.348. The molecule has 5 heteroatoms. The van der Waals surface area contributed by atoms with E-state index in [-0.39, 0.29) is 12.3 Å². The first kappa shape index (κ1) is 14.9. The van der Waals surface area contributed by atoms with E-state index in [0.717, 1.165) is 5.56 Å². The molecule has 0 aliphatic rings.